The van der Waals surface area contributed by atoms with Gasteiger partial charge in [-0.25, -0.2) is 9.67 Å². The summed E-state index contributed by atoms with van der Waals surface area (Å²) in [5.74, 6) is 1.20. The minimum absolute atomic E-state index is 0.218. The molecule has 0 radical (unpaired) electrons. The third-order valence-corrected chi connectivity index (χ3v) is 4.42. The van der Waals surface area contributed by atoms with Gasteiger partial charge in [0.2, 0.25) is 0 Å². The zero-order valence-electron chi connectivity index (χ0n) is 12.7. The van der Waals surface area contributed by atoms with E-state index in [0.717, 1.165) is 37.1 Å². The summed E-state index contributed by atoms with van der Waals surface area (Å²) in [6, 6.07) is 8.57. The van der Waals surface area contributed by atoms with Crippen LogP contribution in [0, 0.1) is 5.92 Å². The van der Waals surface area contributed by atoms with E-state index in [4.69, 9.17) is 0 Å². The van der Waals surface area contributed by atoms with Crippen molar-refractivity contribution < 1.29 is 5.11 Å². The topological polar surface area (TPSA) is 50.9 Å². The quantitative estimate of drug-likeness (QED) is 0.882. The molecule has 4 heteroatoms. The number of hydrogen-bond acceptors (Lipinski definition) is 3. The van der Waals surface area contributed by atoms with E-state index in [-0.39, 0.29) is 5.92 Å². The fourth-order valence-corrected chi connectivity index (χ4v) is 3.32. The van der Waals surface area contributed by atoms with Crippen molar-refractivity contribution in [2.45, 2.75) is 51.7 Å². The fourth-order valence-electron chi connectivity index (χ4n) is 3.32. The molecule has 1 N–H and O–H groups in total. The summed E-state index contributed by atoms with van der Waals surface area (Å²) < 4.78 is 1.96. The minimum atomic E-state index is -0.402. The van der Waals surface area contributed by atoms with E-state index in [0.29, 0.717) is 6.04 Å². The van der Waals surface area contributed by atoms with Crippen LogP contribution in [0.5, 0.6) is 0 Å². The van der Waals surface area contributed by atoms with Crippen LogP contribution in [0.2, 0.25) is 0 Å². The Labute approximate surface area is 125 Å². The third-order valence-electron chi connectivity index (χ3n) is 4.42. The van der Waals surface area contributed by atoms with Crippen molar-refractivity contribution in [3.05, 3.63) is 47.5 Å². The SMILES string of the molecule is CC(C)n1ncnc1CC1CCCc2ccccc2C1O. The van der Waals surface area contributed by atoms with E-state index >= 15 is 0 Å². The Kier molecular flexibility index (Phi) is 4.06. The van der Waals surface area contributed by atoms with Gasteiger partial charge < -0.3 is 5.11 Å². The summed E-state index contributed by atoms with van der Waals surface area (Å²) in [6.45, 7) is 4.22. The molecule has 3 rings (SSSR count). The number of aryl methyl sites for hydroxylation is 1. The number of aliphatic hydroxyl groups excluding tert-OH is 1. The second-order valence-electron chi connectivity index (χ2n) is 6.21. The number of nitrogens with zero attached hydrogens (tertiary/aromatic N) is 3. The average molecular weight is 285 g/mol. The standard InChI is InChI=1S/C17H23N3O/c1-12(2)20-16(18-11-19-20)10-14-8-5-7-13-6-3-4-9-15(13)17(14)21/h3-4,6,9,11-12,14,17,21H,5,7-8,10H2,1-2H3. The van der Waals surface area contributed by atoms with Crippen molar-refractivity contribution in [2.24, 2.45) is 5.92 Å². The van der Waals surface area contributed by atoms with Crippen molar-refractivity contribution >= 4 is 0 Å². The lowest BCUT2D eigenvalue weighted by atomic mass is 9.90. The van der Waals surface area contributed by atoms with Crippen molar-refractivity contribution in [1.29, 1.82) is 0 Å². The van der Waals surface area contributed by atoms with E-state index < -0.39 is 6.10 Å². The Bertz CT molecular complexity index is 606. The molecule has 0 saturated carbocycles. The fraction of sp³-hybridized carbons (Fsp3) is 0.529. The summed E-state index contributed by atoms with van der Waals surface area (Å²) >= 11 is 0. The van der Waals surface area contributed by atoms with Gasteiger partial charge in [-0.2, -0.15) is 5.10 Å². The van der Waals surface area contributed by atoms with Crippen LogP contribution < -0.4 is 0 Å². The largest absolute Gasteiger partial charge is 0.388 e. The first-order chi connectivity index (χ1) is 10.2. The molecule has 1 aromatic carbocycles. The second kappa shape index (κ2) is 5.98. The Balaban J connectivity index is 1.84. The van der Waals surface area contributed by atoms with Gasteiger partial charge in [0.25, 0.3) is 0 Å². The van der Waals surface area contributed by atoms with Crippen LogP contribution in [0.1, 0.15) is 55.8 Å². The summed E-state index contributed by atoms with van der Waals surface area (Å²) in [5, 5.41) is 15.1. The first kappa shape index (κ1) is 14.3. The molecule has 1 aromatic heterocycles. The van der Waals surface area contributed by atoms with Gasteiger partial charge in [-0.1, -0.05) is 24.3 Å². The number of aromatic nitrogens is 3. The van der Waals surface area contributed by atoms with Crippen LogP contribution in [0.15, 0.2) is 30.6 Å². The van der Waals surface area contributed by atoms with Gasteiger partial charge in [-0.15, -0.1) is 0 Å². The molecule has 2 unspecified atom stereocenters. The van der Waals surface area contributed by atoms with Crippen LogP contribution in [0.3, 0.4) is 0 Å². The van der Waals surface area contributed by atoms with E-state index in [2.05, 4.69) is 42.1 Å². The van der Waals surface area contributed by atoms with Crippen LogP contribution >= 0.6 is 0 Å². The summed E-state index contributed by atoms with van der Waals surface area (Å²) in [7, 11) is 0. The van der Waals surface area contributed by atoms with Gasteiger partial charge in [0.1, 0.15) is 12.2 Å². The molecule has 1 aliphatic rings. The van der Waals surface area contributed by atoms with Crippen molar-refractivity contribution in [1.82, 2.24) is 14.8 Å². The van der Waals surface area contributed by atoms with Crippen LogP contribution in [0.4, 0.5) is 0 Å². The predicted molar refractivity (Wildman–Crippen MR) is 81.9 cm³/mol. The van der Waals surface area contributed by atoms with E-state index in [1.807, 2.05) is 10.7 Å². The van der Waals surface area contributed by atoms with Gasteiger partial charge in [0.05, 0.1) is 6.10 Å². The monoisotopic (exact) mass is 285 g/mol. The predicted octanol–water partition coefficient (Wildman–Crippen LogP) is 3.09. The lowest BCUT2D eigenvalue weighted by Gasteiger charge is -2.22. The highest BCUT2D eigenvalue weighted by Crippen LogP contribution is 2.34. The Hall–Kier alpha value is -1.68. The van der Waals surface area contributed by atoms with Crippen molar-refractivity contribution in [3.63, 3.8) is 0 Å². The van der Waals surface area contributed by atoms with Gasteiger partial charge in [0, 0.05) is 12.5 Å². The number of hydrogen-bond donors (Lipinski definition) is 1. The number of fused-ring (bicyclic) bond motifs is 1. The van der Waals surface area contributed by atoms with Gasteiger partial charge in [-0.05, 0) is 50.2 Å². The molecule has 2 aromatic rings. The van der Waals surface area contributed by atoms with Crippen molar-refractivity contribution in [2.75, 3.05) is 0 Å². The van der Waals surface area contributed by atoms with Gasteiger partial charge in [-0.3, -0.25) is 0 Å². The van der Waals surface area contributed by atoms with E-state index in [9.17, 15) is 5.11 Å². The molecule has 112 valence electrons. The lowest BCUT2D eigenvalue weighted by Crippen LogP contribution is -2.18. The molecule has 0 aliphatic heterocycles. The summed E-state index contributed by atoms with van der Waals surface area (Å²) in [5.41, 5.74) is 2.38. The molecule has 1 heterocycles. The maximum atomic E-state index is 10.8. The van der Waals surface area contributed by atoms with Crippen molar-refractivity contribution in [3.8, 4) is 0 Å². The first-order valence-corrected chi connectivity index (χ1v) is 7.81. The maximum absolute atomic E-state index is 10.8. The highest BCUT2D eigenvalue weighted by atomic mass is 16.3. The maximum Gasteiger partial charge on any atom is 0.138 e. The molecule has 0 saturated heterocycles. The second-order valence-corrected chi connectivity index (χ2v) is 6.21. The lowest BCUT2D eigenvalue weighted by molar-refractivity contribution is 0.103. The first-order valence-electron chi connectivity index (χ1n) is 7.81. The van der Waals surface area contributed by atoms with Gasteiger partial charge >= 0.3 is 0 Å². The Morgan fingerprint density at radius 2 is 2.14 bits per heavy atom. The number of benzene rings is 1. The molecular weight excluding hydrogens is 262 g/mol. The molecule has 0 spiro atoms. The molecule has 0 bridgehead atoms. The number of aliphatic hydroxyl groups is 1. The zero-order chi connectivity index (χ0) is 14.8. The highest BCUT2D eigenvalue weighted by Gasteiger charge is 2.27. The summed E-state index contributed by atoms with van der Waals surface area (Å²) in [4.78, 5) is 4.39. The summed E-state index contributed by atoms with van der Waals surface area (Å²) in [6.07, 6.45) is 5.21. The average Bonchev–Trinajstić information content (AvgIpc) is 2.88. The highest BCUT2D eigenvalue weighted by molar-refractivity contribution is 5.30. The zero-order valence-corrected chi connectivity index (χ0v) is 12.7. The van der Waals surface area contributed by atoms with Crippen LogP contribution in [-0.4, -0.2) is 19.9 Å². The molecule has 0 fully saturated rings. The normalized spacial score (nSPS) is 22.1. The van der Waals surface area contributed by atoms with E-state index in [1.165, 1.54) is 5.56 Å². The van der Waals surface area contributed by atoms with E-state index in [1.54, 1.807) is 6.33 Å². The van der Waals surface area contributed by atoms with Crippen LogP contribution in [0.25, 0.3) is 0 Å². The molecule has 4 nitrogen and oxygen atoms in total. The van der Waals surface area contributed by atoms with Gasteiger partial charge in [0.15, 0.2) is 0 Å². The molecule has 1 aliphatic carbocycles. The smallest absolute Gasteiger partial charge is 0.138 e. The minimum Gasteiger partial charge on any atom is -0.388 e. The molecule has 0 amide bonds. The molecule has 2 atom stereocenters. The molecule has 21 heavy (non-hydrogen) atoms. The third kappa shape index (κ3) is 2.86. The Morgan fingerprint density at radius 1 is 1.33 bits per heavy atom. The van der Waals surface area contributed by atoms with Crippen LogP contribution in [-0.2, 0) is 12.8 Å². The molecular formula is C17H23N3O. The Morgan fingerprint density at radius 3 is 2.95 bits per heavy atom. The number of rotatable bonds is 3.